The van der Waals surface area contributed by atoms with Crippen LogP contribution in [0.25, 0.3) is 0 Å². The van der Waals surface area contributed by atoms with Crippen LogP contribution in [0.15, 0.2) is 40.9 Å². The van der Waals surface area contributed by atoms with Crippen LogP contribution in [0.2, 0.25) is 5.02 Å². The van der Waals surface area contributed by atoms with Gasteiger partial charge < -0.3 is 5.73 Å². The third-order valence-electron chi connectivity index (χ3n) is 2.82. The lowest BCUT2D eigenvalue weighted by atomic mass is 9.99. The van der Waals surface area contributed by atoms with Gasteiger partial charge >= 0.3 is 0 Å². The first-order valence-corrected chi connectivity index (χ1v) is 6.79. The van der Waals surface area contributed by atoms with Crippen molar-refractivity contribution in [2.45, 2.75) is 12.5 Å². The molecule has 0 aliphatic heterocycles. The third-order valence-corrected chi connectivity index (χ3v) is 3.92. The Balaban J connectivity index is 2.31. The van der Waals surface area contributed by atoms with Gasteiger partial charge in [-0.2, -0.15) is 0 Å². The minimum absolute atomic E-state index is 0.250. The molecule has 0 aliphatic carbocycles. The standard InChI is InChI=1S/C14H11BrClF2N/c15-10-5-4-9(17)6-8(10)7-13(19)14-11(16)2-1-3-12(14)18/h1-6,13H,7,19H2. The molecule has 1 atom stereocenters. The van der Waals surface area contributed by atoms with Crippen molar-refractivity contribution in [3.63, 3.8) is 0 Å². The van der Waals surface area contributed by atoms with E-state index in [1.165, 1.54) is 24.3 Å². The van der Waals surface area contributed by atoms with Crippen LogP contribution < -0.4 is 5.73 Å². The molecule has 2 rings (SSSR count). The molecule has 0 aromatic heterocycles. The largest absolute Gasteiger partial charge is 0.324 e. The molecule has 5 heteroatoms. The Hall–Kier alpha value is -0.970. The van der Waals surface area contributed by atoms with Crippen LogP contribution in [0.4, 0.5) is 8.78 Å². The second-order valence-corrected chi connectivity index (χ2v) is 5.44. The number of hydrogen-bond donors (Lipinski definition) is 1. The highest BCUT2D eigenvalue weighted by atomic mass is 79.9. The molecule has 0 amide bonds. The molecule has 100 valence electrons. The third kappa shape index (κ3) is 3.32. The summed E-state index contributed by atoms with van der Waals surface area (Å²) in [6.45, 7) is 0. The van der Waals surface area contributed by atoms with Crippen molar-refractivity contribution < 1.29 is 8.78 Å². The zero-order valence-corrected chi connectivity index (χ0v) is 12.2. The van der Waals surface area contributed by atoms with Crippen molar-refractivity contribution in [1.29, 1.82) is 0 Å². The Labute approximate surface area is 123 Å². The van der Waals surface area contributed by atoms with Gasteiger partial charge in [0.05, 0.1) is 0 Å². The number of hydrogen-bond acceptors (Lipinski definition) is 1. The second kappa shape index (κ2) is 5.99. The second-order valence-electron chi connectivity index (χ2n) is 4.18. The van der Waals surface area contributed by atoms with Gasteiger partial charge in [-0.1, -0.05) is 33.6 Å². The zero-order valence-electron chi connectivity index (χ0n) is 9.84. The van der Waals surface area contributed by atoms with Crippen molar-refractivity contribution in [3.05, 3.63) is 68.7 Å². The van der Waals surface area contributed by atoms with Gasteiger partial charge in [0, 0.05) is 21.1 Å². The van der Waals surface area contributed by atoms with E-state index in [1.54, 1.807) is 12.1 Å². The number of halogens is 4. The quantitative estimate of drug-likeness (QED) is 0.862. The molecule has 0 spiro atoms. The van der Waals surface area contributed by atoms with E-state index in [0.29, 0.717) is 12.0 Å². The van der Waals surface area contributed by atoms with Crippen LogP contribution in [0.3, 0.4) is 0 Å². The maximum absolute atomic E-state index is 13.7. The maximum Gasteiger partial charge on any atom is 0.129 e. The summed E-state index contributed by atoms with van der Waals surface area (Å²) in [5, 5.41) is 0.278. The van der Waals surface area contributed by atoms with Crippen LogP contribution in [0.1, 0.15) is 17.2 Å². The molecule has 0 radical (unpaired) electrons. The first-order valence-electron chi connectivity index (χ1n) is 5.62. The lowest BCUT2D eigenvalue weighted by molar-refractivity contribution is 0.578. The molecular formula is C14H11BrClF2N. The Morgan fingerprint density at radius 3 is 2.63 bits per heavy atom. The van der Waals surface area contributed by atoms with E-state index in [9.17, 15) is 8.78 Å². The van der Waals surface area contributed by atoms with Gasteiger partial charge in [-0.15, -0.1) is 0 Å². The van der Waals surface area contributed by atoms with Gasteiger partial charge in [-0.05, 0) is 42.3 Å². The van der Waals surface area contributed by atoms with Crippen molar-refractivity contribution in [2.75, 3.05) is 0 Å². The molecule has 2 N–H and O–H groups in total. The predicted octanol–water partition coefficient (Wildman–Crippen LogP) is 4.62. The average molecular weight is 347 g/mol. The minimum atomic E-state index is -0.633. The topological polar surface area (TPSA) is 26.0 Å². The maximum atomic E-state index is 13.7. The fraction of sp³-hybridized carbons (Fsp3) is 0.143. The highest BCUT2D eigenvalue weighted by molar-refractivity contribution is 9.10. The fourth-order valence-electron chi connectivity index (χ4n) is 1.90. The molecule has 0 saturated carbocycles. The van der Waals surface area contributed by atoms with E-state index in [0.717, 1.165) is 4.47 Å². The van der Waals surface area contributed by atoms with Gasteiger partial charge in [-0.3, -0.25) is 0 Å². The lowest BCUT2D eigenvalue weighted by Crippen LogP contribution is -2.16. The number of rotatable bonds is 3. The Bertz CT molecular complexity index is 584. The Morgan fingerprint density at radius 1 is 1.21 bits per heavy atom. The minimum Gasteiger partial charge on any atom is -0.324 e. The van der Waals surface area contributed by atoms with E-state index >= 15 is 0 Å². The monoisotopic (exact) mass is 345 g/mol. The molecule has 0 aliphatic rings. The van der Waals surface area contributed by atoms with Crippen molar-refractivity contribution in [1.82, 2.24) is 0 Å². The SMILES string of the molecule is NC(Cc1cc(F)ccc1Br)c1c(F)cccc1Cl. The predicted molar refractivity (Wildman–Crippen MR) is 76.1 cm³/mol. The van der Waals surface area contributed by atoms with Gasteiger partial charge in [0.15, 0.2) is 0 Å². The molecule has 1 nitrogen and oxygen atoms in total. The average Bonchev–Trinajstić information content (AvgIpc) is 2.33. The van der Waals surface area contributed by atoms with Gasteiger partial charge in [0.25, 0.3) is 0 Å². The summed E-state index contributed by atoms with van der Waals surface area (Å²) in [6.07, 6.45) is 0.291. The smallest absolute Gasteiger partial charge is 0.129 e. The molecule has 0 bridgehead atoms. The summed E-state index contributed by atoms with van der Waals surface area (Å²) < 4.78 is 27.7. The molecule has 1 unspecified atom stereocenters. The van der Waals surface area contributed by atoms with Crippen LogP contribution in [-0.4, -0.2) is 0 Å². The van der Waals surface area contributed by atoms with E-state index in [4.69, 9.17) is 17.3 Å². The van der Waals surface area contributed by atoms with Crippen molar-refractivity contribution in [2.24, 2.45) is 5.73 Å². The summed E-state index contributed by atoms with van der Waals surface area (Å²) >= 11 is 9.28. The van der Waals surface area contributed by atoms with Gasteiger partial charge in [0.1, 0.15) is 11.6 Å². The van der Waals surface area contributed by atoms with E-state index in [-0.39, 0.29) is 16.4 Å². The van der Waals surface area contributed by atoms with E-state index < -0.39 is 11.9 Å². The summed E-state index contributed by atoms with van der Waals surface area (Å²) in [7, 11) is 0. The van der Waals surface area contributed by atoms with E-state index in [2.05, 4.69) is 15.9 Å². The number of nitrogens with two attached hydrogens (primary N) is 1. The Kier molecular flexibility index (Phi) is 4.55. The van der Waals surface area contributed by atoms with E-state index in [1.807, 2.05) is 0 Å². The van der Waals surface area contributed by atoms with Crippen LogP contribution in [0.5, 0.6) is 0 Å². The van der Waals surface area contributed by atoms with Crippen LogP contribution in [-0.2, 0) is 6.42 Å². The molecule has 19 heavy (non-hydrogen) atoms. The van der Waals surface area contributed by atoms with Gasteiger partial charge in [0.2, 0.25) is 0 Å². The molecular weight excluding hydrogens is 336 g/mol. The molecule has 2 aromatic carbocycles. The molecule has 0 fully saturated rings. The molecule has 2 aromatic rings. The summed E-state index contributed by atoms with van der Waals surface area (Å²) in [4.78, 5) is 0. The summed E-state index contributed by atoms with van der Waals surface area (Å²) in [5.74, 6) is -0.808. The van der Waals surface area contributed by atoms with Gasteiger partial charge in [-0.25, -0.2) is 8.78 Å². The highest BCUT2D eigenvalue weighted by Crippen LogP contribution is 2.29. The molecule has 0 heterocycles. The first-order chi connectivity index (χ1) is 8.99. The summed E-state index contributed by atoms with van der Waals surface area (Å²) in [5.41, 5.74) is 6.90. The highest BCUT2D eigenvalue weighted by Gasteiger charge is 2.17. The lowest BCUT2D eigenvalue weighted by Gasteiger charge is -2.15. The Morgan fingerprint density at radius 2 is 1.95 bits per heavy atom. The zero-order chi connectivity index (χ0) is 14.0. The van der Waals surface area contributed by atoms with Crippen molar-refractivity contribution >= 4 is 27.5 Å². The van der Waals surface area contributed by atoms with Crippen LogP contribution >= 0.6 is 27.5 Å². The summed E-state index contributed by atoms with van der Waals surface area (Å²) in [6, 6.07) is 8.09. The van der Waals surface area contributed by atoms with Crippen LogP contribution in [0, 0.1) is 11.6 Å². The normalized spacial score (nSPS) is 12.5. The first kappa shape index (κ1) is 14.4. The van der Waals surface area contributed by atoms with Crippen molar-refractivity contribution in [3.8, 4) is 0 Å². The molecule has 0 saturated heterocycles. The number of benzene rings is 2. The fourth-order valence-corrected chi connectivity index (χ4v) is 2.62.